The Hall–Kier alpha value is -10.1. The summed E-state index contributed by atoms with van der Waals surface area (Å²) in [6.45, 7) is -1.02. The van der Waals surface area contributed by atoms with E-state index >= 15 is 19.2 Å². The Bertz CT molecular complexity index is 3770. The topological polar surface area (TPSA) is 251 Å². The van der Waals surface area contributed by atoms with E-state index in [1.54, 1.807) is 158 Å². The molecule has 4 aromatic heterocycles. The van der Waals surface area contributed by atoms with Crippen molar-refractivity contribution in [2.45, 2.75) is 37.3 Å². The van der Waals surface area contributed by atoms with Crippen LogP contribution in [0.25, 0.3) is 40.7 Å². The number of nitrogens with zero attached hydrogens (tertiary/aromatic N) is 8. The SMILES string of the molecule is N#CC(C#N)=Nc1ccc(-c2nc3c(s2)-c2cc4c(cc2C3(C(=O)OCc2ccccc2)C(=O)OCc2ccccc2)-c2sc(-c3ccc(N=C(C#N)C#N)s3)nc2C4(C(=O)OCc2ccccc2)C(=O)OCc2ccccc2)s1. The van der Waals surface area contributed by atoms with Crippen LogP contribution in [0.1, 0.15) is 44.8 Å². The van der Waals surface area contributed by atoms with E-state index in [1.807, 2.05) is 24.3 Å². The van der Waals surface area contributed by atoms with Crippen LogP contribution in [0.2, 0.25) is 0 Å². The van der Waals surface area contributed by atoms with Gasteiger partial charge >= 0.3 is 23.9 Å². The van der Waals surface area contributed by atoms with Crippen molar-refractivity contribution in [2.75, 3.05) is 0 Å². The molecule has 0 radical (unpaired) electrons. The molecule has 386 valence electrons. The lowest BCUT2D eigenvalue weighted by Crippen LogP contribution is -2.47. The van der Waals surface area contributed by atoms with Crippen LogP contribution >= 0.6 is 45.3 Å². The molecule has 0 amide bonds. The van der Waals surface area contributed by atoms with E-state index in [1.165, 1.54) is 0 Å². The molecule has 2 aliphatic carbocycles. The molecule has 0 saturated heterocycles. The minimum Gasteiger partial charge on any atom is -0.459 e. The van der Waals surface area contributed by atoms with Gasteiger partial charge in [-0.1, -0.05) is 121 Å². The highest BCUT2D eigenvalue weighted by Crippen LogP contribution is 2.61. The number of nitriles is 4. The number of carbonyl (C=O) groups is 4. The molecule has 0 fully saturated rings. The van der Waals surface area contributed by atoms with Crippen LogP contribution in [0.3, 0.4) is 0 Å². The Morgan fingerprint density at radius 3 is 1.01 bits per heavy atom. The number of esters is 4. The Kier molecular flexibility index (Phi) is 14.4. The van der Waals surface area contributed by atoms with Crippen LogP contribution in [-0.2, 0) is 75.4 Å². The smallest absolute Gasteiger partial charge is 0.334 e. The van der Waals surface area contributed by atoms with Crippen molar-refractivity contribution in [3.05, 3.63) is 202 Å². The molecule has 11 rings (SSSR count). The number of rotatable bonds is 16. The van der Waals surface area contributed by atoms with Gasteiger partial charge in [0.15, 0.2) is 0 Å². The Morgan fingerprint density at radius 1 is 0.425 bits per heavy atom. The fourth-order valence-corrected chi connectivity index (χ4v) is 13.5. The average molecular weight is 1120 g/mol. The van der Waals surface area contributed by atoms with Crippen LogP contribution in [-0.4, -0.2) is 45.3 Å². The summed E-state index contributed by atoms with van der Waals surface area (Å²) in [6, 6.07) is 52.4. The van der Waals surface area contributed by atoms with E-state index in [9.17, 15) is 21.0 Å². The van der Waals surface area contributed by atoms with Crippen molar-refractivity contribution in [1.82, 2.24) is 9.97 Å². The number of thiophene rings is 2. The van der Waals surface area contributed by atoms with E-state index in [2.05, 4.69) is 9.98 Å². The van der Waals surface area contributed by atoms with E-state index in [0.717, 1.165) is 45.3 Å². The first-order valence-electron chi connectivity index (χ1n) is 24.1. The molecule has 9 aromatic rings. The van der Waals surface area contributed by atoms with E-state index in [4.69, 9.17) is 28.9 Å². The summed E-state index contributed by atoms with van der Waals surface area (Å²) in [6.07, 6.45) is 0. The molecule has 2 aliphatic rings. The van der Waals surface area contributed by atoms with Crippen LogP contribution in [0.4, 0.5) is 10.0 Å². The van der Waals surface area contributed by atoms with Gasteiger partial charge in [0.25, 0.3) is 0 Å². The summed E-state index contributed by atoms with van der Waals surface area (Å²) in [5, 5.41) is 39.2. The highest BCUT2D eigenvalue weighted by molar-refractivity contribution is 7.26. The molecule has 4 heterocycles. The Balaban J connectivity index is 1.16. The fraction of sp³-hybridized carbons (Fsp3) is 0.100. The van der Waals surface area contributed by atoms with Crippen LogP contribution < -0.4 is 0 Å². The molecular formula is C60H34N8O8S4. The highest BCUT2D eigenvalue weighted by Gasteiger charge is 2.65. The van der Waals surface area contributed by atoms with Crippen molar-refractivity contribution in [3.63, 3.8) is 0 Å². The molecule has 0 aliphatic heterocycles. The summed E-state index contributed by atoms with van der Waals surface area (Å²) < 4.78 is 24.8. The molecular weight excluding hydrogens is 1090 g/mol. The number of aliphatic imine (C=N–C) groups is 2. The Labute approximate surface area is 471 Å². The van der Waals surface area contributed by atoms with E-state index in [0.29, 0.717) is 61.8 Å². The first kappa shape index (κ1) is 52.0. The molecule has 0 spiro atoms. The molecule has 0 N–H and O–H groups in total. The zero-order chi connectivity index (χ0) is 55.4. The summed E-state index contributed by atoms with van der Waals surface area (Å²) in [4.78, 5) is 82.7. The maximum atomic E-state index is 15.7. The second-order valence-corrected chi connectivity index (χ2v) is 21.9. The number of benzene rings is 5. The average Bonchev–Trinajstić information content (AvgIpc) is 4.57. The number of carbonyl (C=O) groups excluding carboxylic acids is 4. The van der Waals surface area contributed by atoms with Gasteiger partial charge < -0.3 is 18.9 Å². The van der Waals surface area contributed by atoms with Crippen LogP contribution in [0.15, 0.2) is 168 Å². The zero-order valence-corrected chi connectivity index (χ0v) is 44.6. The molecule has 0 bridgehead atoms. The molecule has 0 saturated carbocycles. The van der Waals surface area contributed by atoms with E-state index in [-0.39, 0.29) is 71.5 Å². The summed E-state index contributed by atoms with van der Waals surface area (Å²) in [7, 11) is 0. The van der Waals surface area contributed by atoms with Crippen molar-refractivity contribution in [2.24, 2.45) is 9.98 Å². The van der Waals surface area contributed by atoms with Crippen molar-refractivity contribution >= 4 is 90.6 Å². The molecule has 5 aromatic carbocycles. The minimum absolute atomic E-state index is 0.0459. The zero-order valence-electron chi connectivity index (χ0n) is 41.3. The van der Waals surface area contributed by atoms with Gasteiger partial charge in [0.2, 0.25) is 22.3 Å². The third-order valence-corrected chi connectivity index (χ3v) is 17.4. The first-order chi connectivity index (χ1) is 39.1. The van der Waals surface area contributed by atoms with Gasteiger partial charge in [-0.25, -0.2) is 20.0 Å². The minimum atomic E-state index is -2.45. The number of fused-ring (bicyclic) bond motifs is 6. The third kappa shape index (κ3) is 9.40. The van der Waals surface area contributed by atoms with Gasteiger partial charge in [-0.15, -0.1) is 45.3 Å². The van der Waals surface area contributed by atoms with Gasteiger partial charge in [0.1, 0.15) is 70.7 Å². The molecule has 16 nitrogen and oxygen atoms in total. The lowest BCUT2D eigenvalue weighted by atomic mass is 9.76. The van der Waals surface area contributed by atoms with Crippen molar-refractivity contribution in [3.8, 4) is 64.9 Å². The largest absolute Gasteiger partial charge is 0.459 e. The molecule has 0 unspecified atom stereocenters. The number of thiazole rings is 2. The maximum Gasteiger partial charge on any atom is 0.334 e. The number of hydrogen-bond acceptors (Lipinski definition) is 20. The monoisotopic (exact) mass is 1120 g/mol. The number of ether oxygens (including phenoxy) is 4. The summed E-state index contributed by atoms with van der Waals surface area (Å²) in [5.41, 5.74) is -2.62. The summed E-state index contributed by atoms with van der Waals surface area (Å²) in [5.74, 6) is -4.11. The normalized spacial score (nSPS) is 12.6. The number of hydrogen-bond donors (Lipinski definition) is 0. The molecule has 20 heteroatoms. The van der Waals surface area contributed by atoms with Crippen LogP contribution in [0.5, 0.6) is 0 Å². The van der Waals surface area contributed by atoms with Crippen molar-refractivity contribution in [1.29, 1.82) is 21.0 Å². The van der Waals surface area contributed by atoms with Gasteiger partial charge in [0.05, 0.1) is 30.9 Å². The summed E-state index contributed by atoms with van der Waals surface area (Å²) >= 11 is 4.44. The van der Waals surface area contributed by atoms with Gasteiger partial charge in [0, 0.05) is 0 Å². The lowest BCUT2D eigenvalue weighted by Gasteiger charge is -2.28. The molecule has 0 atom stereocenters. The fourth-order valence-electron chi connectivity index (χ4n) is 9.27. The lowest BCUT2D eigenvalue weighted by molar-refractivity contribution is -0.166. The molecule has 80 heavy (non-hydrogen) atoms. The van der Waals surface area contributed by atoms with Crippen molar-refractivity contribution < 1.29 is 38.1 Å². The Morgan fingerprint density at radius 2 is 0.725 bits per heavy atom. The van der Waals surface area contributed by atoms with Crippen LogP contribution in [0, 0.1) is 45.3 Å². The predicted octanol–water partition coefficient (Wildman–Crippen LogP) is 11.8. The predicted molar refractivity (Wildman–Crippen MR) is 298 cm³/mol. The first-order valence-corrected chi connectivity index (χ1v) is 27.4. The quantitative estimate of drug-likeness (QED) is 0.0378. The van der Waals surface area contributed by atoms with Gasteiger partial charge in [-0.05, 0) is 80.9 Å². The van der Waals surface area contributed by atoms with Gasteiger partial charge in [-0.2, -0.15) is 21.0 Å². The standard InChI is InChI=1S/C60H34N8O8S4/c61-27-39(28-62)65-47-23-21-45(77-47)53-67-51-49(79-53)41-26-44-42(25-43(41)59(51,55(69)73-31-35-13-5-1-6-14-35)56(70)74-32-36-15-7-2-8-16-36)50-52(68-54(80-50)46-22-24-48(78-46)66-40(29-63)30-64)60(44,57(71)75-33-37-17-9-3-10-18-37)58(72)76-34-38-19-11-4-12-20-38/h1-26H,31-34H2. The second kappa shape index (κ2) is 22.1. The third-order valence-electron chi connectivity index (χ3n) is 13.0. The highest BCUT2D eigenvalue weighted by atomic mass is 32.1. The maximum absolute atomic E-state index is 15.7. The van der Waals surface area contributed by atoms with E-state index < -0.39 is 34.7 Å². The number of aromatic nitrogens is 2. The second-order valence-electron chi connectivity index (χ2n) is 17.7. The van der Waals surface area contributed by atoms with Gasteiger partial charge in [-0.3, -0.25) is 19.2 Å².